The highest BCUT2D eigenvalue weighted by molar-refractivity contribution is 6.26. The Balaban J connectivity index is 1.43. The molecule has 0 amide bonds. The molecule has 0 unspecified atom stereocenters. The Morgan fingerprint density at radius 3 is 1.75 bits per heavy atom. The molecule has 48 heavy (non-hydrogen) atoms. The number of nitrogens with zero attached hydrogens (tertiary/aromatic N) is 4. The maximum Gasteiger partial charge on any atom is 0.0998 e. The molecule has 0 spiro atoms. The number of aromatic nitrogens is 2. The van der Waals surface area contributed by atoms with Crippen molar-refractivity contribution in [3.05, 3.63) is 169 Å². The van der Waals surface area contributed by atoms with Crippen LogP contribution in [-0.4, -0.2) is 9.13 Å². The number of hydrogen-bond donors (Lipinski definition) is 0. The second-order valence-corrected chi connectivity index (χ2v) is 11.9. The summed E-state index contributed by atoms with van der Waals surface area (Å²) in [5.74, 6) is 0. The van der Waals surface area contributed by atoms with E-state index in [1.165, 1.54) is 21.5 Å². The summed E-state index contributed by atoms with van der Waals surface area (Å²) in [5.41, 5.74) is 11.1. The molecular weight excluding hydrogens is 585 g/mol. The molecule has 0 saturated carbocycles. The predicted octanol–water partition coefficient (Wildman–Crippen LogP) is 11.0. The van der Waals surface area contributed by atoms with Gasteiger partial charge in [-0.3, -0.25) is 0 Å². The minimum Gasteiger partial charge on any atom is -0.309 e. The van der Waals surface area contributed by atoms with E-state index in [-0.39, 0.29) is 0 Å². The fraction of sp³-hybridized carbons (Fsp3) is 0. The van der Waals surface area contributed by atoms with Crippen molar-refractivity contribution in [2.24, 2.45) is 0 Å². The predicted molar refractivity (Wildman–Crippen MR) is 195 cm³/mol. The van der Waals surface area contributed by atoms with Crippen LogP contribution in [0.3, 0.4) is 0 Å². The molecule has 0 radical (unpaired) electrons. The fourth-order valence-corrected chi connectivity index (χ4v) is 7.41. The van der Waals surface area contributed by atoms with Gasteiger partial charge in [0.05, 0.1) is 45.3 Å². The molecule has 9 aromatic rings. The smallest absolute Gasteiger partial charge is 0.0998 e. The van der Waals surface area contributed by atoms with E-state index in [9.17, 15) is 10.5 Å². The van der Waals surface area contributed by atoms with Crippen molar-refractivity contribution in [1.82, 2.24) is 9.13 Å². The Hall–Kier alpha value is -6.88. The maximum atomic E-state index is 10.1. The van der Waals surface area contributed by atoms with Crippen molar-refractivity contribution in [3.8, 4) is 45.8 Å². The van der Waals surface area contributed by atoms with Crippen LogP contribution in [0.5, 0.6) is 0 Å². The van der Waals surface area contributed by atoms with E-state index in [1.807, 2.05) is 18.2 Å². The van der Waals surface area contributed by atoms with E-state index in [2.05, 4.69) is 143 Å². The van der Waals surface area contributed by atoms with Gasteiger partial charge < -0.3 is 9.13 Å². The average Bonchev–Trinajstić information content (AvgIpc) is 3.68. The second-order valence-electron chi connectivity index (χ2n) is 11.9. The highest BCUT2D eigenvalue weighted by Crippen LogP contribution is 2.43. The van der Waals surface area contributed by atoms with E-state index in [0.29, 0.717) is 16.7 Å². The van der Waals surface area contributed by atoms with Crippen LogP contribution < -0.4 is 0 Å². The van der Waals surface area contributed by atoms with Crippen molar-refractivity contribution < 1.29 is 0 Å². The first-order chi connectivity index (χ1) is 23.8. The molecule has 7 aromatic carbocycles. The van der Waals surface area contributed by atoms with Crippen molar-refractivity contribution in [3.63, 3.8) is 0 Å². The molecule has 4 nitrogen and oxygen atoms in total. The Labute approximate surface area is 277 Å². The molecule has 0 atom stereocenters. The average molecular weight is 611 g/mol. The van der Waals surface area contributed by atoms with Crippen LogP contribution in [0.2, 0.25) is 0 Å². The maximum absolute atomic E-state index is 10.1. The summed E-state index contributed by atoms with van der Waals surface area (Å²) in [4.78, 5) is 0. The van der Waals surface area contributed by atoms with E-state index < -0.39 is 0 Å². The van der Waals surface area contributed by atoms with Gasteiger partial charge in [-0.1, -0.05) is 103 Å². The third kappa shape index (κ3) is 4.01. The summed E-state index contributed by atoms with van der Waals surface area (Å²) in [6.45, 7) is 0. The minimum absolute atomic E-state index is 0.478. The molecule has 0 aliphatic rings. The SMILES string of the molecule is N#Cc1cccc(C#N)c1-c1ccc(-n2c3ccccc3c3ccc4c(c5ccccc5n4-c4ccccc4)c32)cc1-c1ccccc1. The normalized spacial score (nSPS) is 11.3. The Morgan fingerprint density at radius 2 is 1.04 bits per heavy atom. The van der Waals surface area contributed by atoms with Gasteiger partial charge in [-0.25, -0.2) is 0 Å². The summed E-state index contributed by atoms with van der Waals surface area (Å²) in [6, 6.07) is 58.9. The van der Waals surface area contributed by atoms with Gasteiger partial charge in [0.15, 0.2) is 0 Å². The molecule has 222 valence electrons. The van der Waals surface area contributed by atoms with E-state index in [0.717, 1.165) is 50.1 Å². The fourth-order valence-electron chi connectivity index (χ4n) is 7.41. The quantitative estimate of drug-likeness (QED) is 0.199. The number of rotatable bonds is 4. The molecule has 0 N–H and O–H groups in total. The molecule has 4 heteroatoms. The molecule has 0 bridgehead atoms. The zero-order chi connectivity index (χ0) is 32.2. The van der Waals surface area contributed by atoms with Crippen molar-refractivity contribution in [1.29, 1.82) is 10.5 Å². The number of benzene rings is 7. The van der Waals surface area contributed by atoms with Gasteiger partial charge in [-0.05, 0) is 71.3 Å². The largest absolute Gasteiger partial charge is 0.309 e. The van der Waals surface area contributed by atoms with Crippen LogP contribution in [0.25, 0.3) is 77.2 Å². The van der Waals surface area contributed by atoms with Crippen LogP contribution in [-0.2, 0) is 0 Å². The van der Waals surface area contributed by atoms with Gasteiger partial charge in [0.25, 0.3) is 0 Å². The van der Waals surface area contributed by atoms with Gasteiger partial charge in [-0.2, -0.15) is 10.5 Å². The van der Waals surface area contributed by atoms with Gasteiger partial charge in [0.1, 0.15) is 0 Å². The first kappa shape index (κ1) is 27.4. The van der Waals surface area contributed by atoms with E-state index >= 15 is 0 Å². The van der Waals surface area contributed by atoms with Gasteiger partial charge in [0.2, 0.25) is 0 Å². The first-order valence-electron chi connectivity index (χ1n) is 15.9. The first-order valence-corrected chi connectivity index (χ1v) is 15.9. The van der Waals surface area contributed by atoms with Crippen molar-refractivity contribution in [2.75, 3.05) is 0 Å². The van der Waals surface area contributed by atoms with Crippen LogP contribution >= 0.6 is 0 Å². The third-order valence-corrected chi connectivity index (χ3v) is 9.41. The lowest BCUT2D eigenvalue weighted by Crippen LogP contribution is -1.98. The number of para-hydroxylation sites is 3. The molecule has 0 saturated heterocycles. The van der Waals surface area contributed by atoms with Gasteiger partial charge in [-0.15, -0.1) is 0 Å². The Bertz CT molecular complexity index is 2760. The van der Waals surface area contributed by atoms with Crippen LogP contribution in [0.15, 0.2) is 158 Å². The number of fused-ring (bicyclic) bond motifs is 7. The van der Waals surface area contributed by atoms with Crippen molar-refractivity contribution in [2.45, 2.75) is 0 Å². The standard InChI is InChI=1S/C44H26N4/c45-27-30-14-11-15-31(28-46)42(30)35-23-22-33(26-38(35)29-12-3-1-4-13-29)48-39-20-9-7-18-34(39)36-24-25-41-43(44(36)48)37-19-8-10-21-40(37)47(41)32-16-5-2-6-17-32/h1-26H. The Morgan fingerprint density at radius 1 is 0.417 bits per heavy atom. The molecule has 9 rings (SSSR count). The molecule has 0 aliphatic heterocycles. The number of nitriles is 2. The zero-order valence-corrected chi connectivity index (χ0v) is 25.8. The Kier molecular flexibility index (Phi) is 6.22. The summed E-state index contributed by atoms with van der Waals surface area (Å²) < 4.78 is 4.74. The topological polar surface area (TPSA) is 57.4 Å². The van der Waals surface area contributed by atoms with Gasteiger partial charge >= 0.3 is 0 Å². The third-order valence-electron chi connectivity index (χ3n) is 9.41. The molecule has 0 fully saturated rings. The van der Waals surface area contributed by atoms with E-state index in [1.54, 1.807) is 18.2 Å². The summed E-state index contributed by atoms with van der Waals surface area (Å²) >= 11 is 0. The summed E-state index contributed by atoms with van der Waals surface area (Å²) in [6.07, 6.45) is 0. The molecule has 0 aliphatic carbocycles. The van der Waals surface area contributed by atoms with Crippen LogP contribution in [0.4, 0.5) is 0 Å². The molecule has 2 aromatic heterocycles. The van der Waals surface area contributed by atoms with Crippen LogP contribution in [0.1, 0.15) is 11.1 Å². The van der Waals surface area contributed by atoms with Crippen LogP contribution in [0, 0.1) is 22.7 Å². The highest BCUT2D eigenvalue weighted by atomic mass is 15.0. The second kappa shape index (κ2) is 10.9. The minimum atomic E-state index is 0.478. The summed E-state index contributed by atoms with van der Waals surface area (Å²) in [7, 11) is 0. The van der Waals surface area contributed by atoms with Gasteiger partial charge in [0, 0.05) is 38.5 Å². The van der Waals surface area contributed by atoms with Crippen molar-refractivity contribution >= 4 is 43.6 Å². The highest BCUT2D eigenvalue weighted by Gasteiger charge is 2.22. The monoisotopic (exact) mass is 610 g/mol. The lowest BCUT2D eigenvalue weighted by atomic mass is 9.89. The molecular formula is C44H26N4. The summed E-state index contributed by atoms with van der Waals surface area (Å²) in [5, 5.41) is 25.0. The number of hydrogen-bond acceptors (Lipinski definition) is 2. The van der Waals surface area contributed by atoms with E-state index in [4.69, 9.17) is 0 Å². The lowest BCUT2D eigenvalue weighted by Gasteiger charge is -2.17. The zero-order valence-electron chi connectivity index (χ0n) is 25.8. The lowest BCUT2D eigenvalue weighted by molar-refractivity contribution is 1.17. The molecule has 2 heterocycles.